The SMILES string of the molecule is CNCCC1CCN(C(C)C(=O)N2CCN(C(=O)c3ccco3)CC2)CC1.Cl. The molecule has 0 radical (unpaired) electrons. The normalized spacial score (nSPS) is 19.9. The summed E-state index contributed by atoms with van der Waals surface area (Å²) in [5, 5.41) is 3.22. The molecule has 2 amide bonds. The van der Waals surface area contributed by atoms with Crippen LogP contribution in [-0.2, 0) is 4.79 Å². The summed E-state index contributed by atoms with van der Waals surface area (Å²) in [7, 11) is 2.00. The Labute approximate surface area is 173 Å². The number of furan rings is 1. The molecule has 1 aromatic heterocycles. The fourth-order valence-electron chi connectivity index (χ4n) is 4.08. The van der Waals surface area contributed by atoms with E-state index in [1.165, 1.54) is 25.5 Å². The van der Waals surface area contributed by atoms with Gasteiger partial charge in [0.2, 0.25) is 5.91 Å². The standard InChI is InChI=1S/C20H32N4O3.ClH/c1-16(22-9-6-17(7-10-22)5-8-21-2)19(25)23-11-13-24(14-12-23)20(26)18-4-3-15-27-18;/h3-4,15-17,21H,5-14H2,1-2H3;1H. The average Bonchev–Trinajstić information content (AvgIpc) is 3.26. The molecule has 2 aliphatic heterocycles. The zero-order valence-corrected chi connectivity index (χ0v) is 17.7. The largest absolute Gasteiger partial charge is 0.459 e. The molecule has 158 valence electrons. The van der Waals surface area contributed by atoms with Crippen LogP contribution in [-0.4, -0.2) is 85.4 Å². The van der Waals surface area contributed by atoms with Crippen LogP contribution in [0.15, 0.2) is 22.8 Å². The Hall–Kier alpha value is -1.57. The maximum absolute atomic E-state index is 12.9. The van der Waals surface area contributed by atoms with Gasteiger partial charge >= 0.3 is 0 Å². The predicted molar refractivity (Wildman–Crippen MR) is 111 cm³/mol. The Morgan fingerprint density at radius 3 is 2.36 bits per heavy atom. The van der Waals surface area contributed by atoms with Crippen LogP contribution in [0.4, 0.5) is 0 Å². The van der Waals surface area contributed by atoms with Crippen LogP contribution in [0.5, 0.6) is 0 Å². The first-order valence-electron chi connectivity index (χ1n) is 10.1. The van der Waals surface area contributed by atoms with Crippen LogP contribution in [0.2, 0.25) is 0 Å². The van der Waals surface area contributed by atoms with Gasteiger partial charge < -0.3 is 19.5 Å². The lowest BCUT2D eigenvalue weighted by molar-refractivity contribution is -0.138. The van der Waals surface area contributed by atoms with E-state index in [1.807, 2.05) is 18.9 Å². The minimum atomic E-state index is -0.0937. The molecule has 7 nitrogen and oxygen atoms in total. The number of piperazine rings is 1. The van der Waals surface area contributed by atoms with Crippen LogP contribution < -0.4 is 5.32 Å². The van der Waals surface area contributed by atoms with Gasteiger partial charge in [0.1, 0.15) is 0 Å². The Bertz CT molecular complexity index is 609. The van der Waals surface area contributed by atoms with Gasteiger partial charge in [-0.1, -0.05) is 0 Å². The van der Waals surface area contributed by atoms with E-state index < -0.39 is 0 Å². The van der Waals surface area contributed by atoms with E-state index in [0.717, 1.165) is 25.6 Å². The summed E-state index contributed by atoms with van der Waals surface area (Å²) < 4.78 is 5.19. The minimum Gasteiger partial charge on any atom is -0.459 e. The fourth-order valence-corrected chi connectivity index (χ4v) is 4.08. The second-order valence-electron chi connectivity index (χ2n) is 7.64. The van der Waals surface area contributed by atoms with E-state index in [0.29, 0.717) is 31.9 Å². The molecule has 1 atom stereocenters. The topological polar surface area (TPSA) is 69.0 Å². The van der Waals surface area contributed by atoms with Crippen molar-refractivity contribution < 1.29 is 14.0 Å². The molecule has 0 aromatic carbocycles. The smallest absolute Gasteiger partial charge is 0.289 e. The van der Waals surface area contributed by atoms with E-state index >= 15 is 0 Å². The number of hydrogen-bond donors (Lipinski definition) is 1. The molecule has 0 spiro atoms. The van der Waals surface area contributed by atoms with E-state index in [9.17, 15) is 9.59 Å². The van der Waals surface area contributed by atoms with Gasteiger partial charge in [0.05, 0.1) is 12.3 Å². The number of piperidine rings is 1. The summed E-state index contributed by atoms with van der Waals surface area (Å²) in [5.74, 6) is 1.23. The van der Waals surface area contributed by atoms with E-state index in [2.05, 4.69) is 10.2 Å². The molecule has 8 heteroatoms. The van der Waals surface area contributed by atoms with Gasteiger partial charge in [-0.25, -0.2) is 0 Å². The third kappa shape index (κ3) is 5.49. The van der Waals surface area contributed by atoms with Gasteiger partial charge in [-0.2, -0.15) is 0 Å². The lowest BCUT2D eigenvalue weighted by Gasteiger charge is -2.40. The minimum absolute atomic E-state index is 0. The van der Waals surface area contributed by atoms with Crippen molar-refractivity contribution in [1.29, 1.82) is 0 Å². The first kappa shape index (κ1) is 22.7. The average molecular weight is 413 g/mol. The maximum atomic E-state index is 12.9. The third-order valence-electron chi connectivity index (χ3n) is 5.97. The highest BCUT2D eigenvalue weighted by Crippen LogP contribution is 2.22. The van der Waals surface area contributed by atoms with Gasteiger partial charge in [-0.05, 0) is 70.9 Å². The zero-order valence-electron chi connectivity index (χ0n) is 16.9. The second-order valence-corrected chi connectivity index (χ2v) is 7.64. The lowest BCUT2D eigenvalue weighted by Crippen LogP contribution is -2.56. The molecular weight excluding hydrogens is 380 g/mol. The molecule has 2 aliphatic rings. The van der Waals surface area contributed by atoms with Gasteiger partial charge in [0.15, 0.2) is 5.76 Å². The molecule has 0 aliphatic carbocycles. The molecule has 1 unspecified atom stereocenters. The quantitative estimate of drug-likeness (QED) is 0.770. The molecule has 1 N–H and O–H groups in total. The molecule has 3 heterocycles. The number of halogens is 1. The van der Waals surface area contributed by atoms with E-state index in [-0.39, 0.29) is 30.3 Å². The molecule has 3 rings (SSSR count). The highest BCUT2D eigenvalue weighted by Gasteiger charge is 2.32. The first-order chi connectivity index (χ1) is 13.1. The lowest BCUT2D eigenvalue weighted by atomic mass is 9.92. The van der Waals surface area contributed by atoms with E-state index in [4.69, 9.17) is 4.42 Å². The number of rotatable bonds is 6. The number of nitrogens with one attached hydrogen (secondary N) is 1. The Morgan fingerprint density at radius 2 is 1.79 bits per heavy atom. The summed E-state index contributed by atoms with van der Waals surface area (Å²) in [6, 6.07) is 3.32. The van der Waals surface area contributed by atoms with Crippen molar-refractivity contribution in [2.45, 2.75) is 32.2 Å². The molecule has 0 bridgehead atoms. The van der Waals surface area contributed by atoms with Gasteiger partial charge in [-0.15, -0.1) is 12.4 Å². The van der Waals surface area contributed by atoms with Crippen molar-refractivity contribution in [3.05, 3.63) is 24.2 Å². The third-order valence-corrected chi connectivity index (χ3v) is 5.97. The van der Waals surface area contributed by atoms with Gasteiger partial charge in [-0.3, -0.25) is 14.5 Å². The van der Waals surface area contributed by atoms with Crippen molar-refractivity contribution in [3.63, 3.8) is 0 Å². The van der Waals surface area contributed by atoms with Gasteiger partial charge in [0.25, 0.3) is 5.91 Å². The number of amides is 2. The summed E-state index contributed by atoms with van der Waals surface area (Å²) in [4.78, 5) is 31.2. The monoisotopic (exact) mass is 412 g/mol. The van der Waals surface area contributed by atoms with Crippen LogP contribution >= 0.6 is 12.4 Å². The van der Waals surface area contributed by atoms with Crippen molar-refractivity contribution in [2.75, 3.05) is 52.9 Å². The van der Waals surface area contributed by atoms with Crippen molar-refractivity contribution in [1.82, 2.24) is 20.0 Å². The summed E-state index contributed by atoms with van der Waals surface area (Å²) in [6.07, 6.45) is 5.07. The molecule has 2 fully saturated rings. The summed E-state index contributed by atoms with van der Waals surface area (Å²) in [6.45, 7) is 7.39. The van der Waals surface area contributed by atoms with Crippen LogP contribution in [0.1, 0.15) is 36.7 Å². The first-order valence-corrected chi connectivity index (χ1v) is 10.1. The van der Waals surface area contributed by atoms with E-state index in [1.54, 1.807) is 17.0 Å². The number of carbonyl (C=O) groups excluding carboxylic acids is 2. The van der Waals surface area contributed by atoms with Crippen molar-refractivity contribution >= 4 is 24.2 Å². The summed E-state index contributed by atoms with van der Waals surface area (Å²) in [5.41, 5.74) is 0. The van der Waals surface area contributed by atoms with Crippen LogP contribution in [0.3, 0.4) is 0 Å². The highest BCUT2D eigenvalue weighted by molar-refractivity contribution is 5.91. The number of hydrogen-bond acceptors (Lipinski definition) is 5. The molecule has 1 aromatic rings. The molecular formula is C20H33ClN4O3. The number of nitrogens with zero attached hydrogens (tertiary/aromatic N) is 3. The zero-order chi connectivity index (χ0) is 19.2. The molecule has 28 heavy (non-hydrogen) atoms. The van der Waals surface area contributed by atoms with Crippen LogP contribution in [0.25, 0.3) is 0 Å². The van der Waals surface area contributed by atoms with Crippen molar-refractivity contribution in [3.8, 4) is 0 Å². The number of likely N-dealkylation sites (tertiary alicyclic amines) is 1. The summed E-state index contributed by atoms with van der Waals surface area (Å²) >= 11 is 0. The number of carbonyl (C=O) groups is 2. The van der Waals surface area contributed by atoms with Crippen LogP contribution in [0, 0.1) is 5.92 Å². The maximum Gasteiger partial charge on any atom is 0.289 e. The van der Waals surface area contributed by atoms with Gasteiger partial charge in [0, 0.05) is 26.2 Å². The fraction of sp³-hybridized carbons (Fsp3) is 0.700. The Balaban J connectivity index is 0.00000280. The molecule has 2 saturated heterocycles. The Morgan fingerprint density at radius 1 is 1.14 bits per heavy atom. The van der Waals surface area contributed by atoms with Crippen molar-refractivity contribution in [2.24, 2.45) is 5.92 Å². The second kappa shape index (κ2) is 10.8. The molecule has 0 saturated carbocycles. The highest BCUT2D eigenvalue weighted by atomic mass is 35.5. The Kier molecular flexibility index (Phi) is 8.79. The predicted octanol–water partition coefficient (Wildman–Crippen LogP) is 1.70.